The summed E-state index contributed by atoms with van der Waals surface area (Å²) in [7, 11) is 0. The van der Waals surface area contributed by atoms with Crippen molar-refractivity contribution in [2.75, 3.05) is 6.54 Å². The van der Waals surface area contributed by atoms with Crippen molar-refractivity contribution < 1.29 is 17.6 Å². The summed E-state index contributed by atoms with van der Waals surface area (Å²) in [6, 6.07) is 1.84. The highest BCUT2D eigenvalue weighted by Gasteiger charge is 2.31. The second-order valence-corrected chi connectivity index (χ2v) is 4.13. The molecular weight excluding hydrogens is 284 g/mol. The first-order valence-corrected chi connectivity index (χ1v) is 5.68. The Morgan fingerprint density at radius 2 is 1.79 bits per heavy atom. The van der Waals surface area contributed by atoms with Crippen LogP contribution >= 0.6 is 12.4 Å². The summed E-state index contributed by atoms with van der Waals surface area (Å²) in [6.45, 7) is 0.516. The number of halogens is 5. The Bertz CT molecular complexity index is 396. The number of nitrogens with two attached hydrogens (primary N) is 2. The highest BCUT2D eigenvalue weighted by molar-refractivity contribution is 5.85. The third-order valence-electron chi connectivity index (χ3n) is 2.70. The van der Waals surface area contributed by atoms with Crippen LogP contribution in [0.1, 0.15) is 36.4 Å². The molecule has 1 aromatic rings. The summed E-state index contributed by atoms with van der Waals surface area (Å²) < 4.78 is 50.5. The summed E-state index contributed by atoms with van der Waals surface area (Å²) in [6.07, 6.45) is -2.56. The zero-order valence-electron chi connectivity index (χ0n) is 10.2. The fourth-order valence-corrected chi connectivity index (χ4v) is 1.67. The van der Waals surface area contributed by atoms with E-state index in [1.807, 2.05) is 0 Å². The molecule has 0 aromatic heterocycles. The molecule has 0 aliphatic carbocycles. The van der Waals surface area contributed by atoms with Crippen LogP contribution < -0.4 is 11.5 Å². The number of alkyl halides is 3. The van der Waals surface area contributed by atoms with E-state index in [1.54, 1.807) is 0 Å². The van der Waals surface area contributed by atoms with Crippen LogP contribution in [0.4, 0.5) is 17.6 Å². The summed E-state index contributed by atoms with van der Waals surface area (Å²) in [4.78, 5) is 0. The molecule has 1 aromatic carbocycles. The predicted octanol–water partition coefficient (Wildman–Crippen LogP) is 3.40. The van der Waals surface area contributed by atoms with Gasteiger partial charge in [-0.3, -0.25) is 0 Å². The van der Waals surface area contributed by atoms with E-state index in [4.69, 9.17) is 11.5 Å². The maximum atomic E-state index is 13.5. The Kier molecular flexibility index (Phi) is 7.33. The smallest absolute Gasteiger partial charge is 0.330 e. The van der Waals surface area contributed by atoms with E-state index >= 15 is 0 Å². The van der Waals surface area contributed by atoms with Crippen molar-refractivity contribution >= 4 is 12.4 Å². The van der Waals surface area contributed by atoms with Crippen molar-refractivity contribution in [1.82, 2.24) is 0 Å². The maximum Gasteiger partial charge on any atom is 0.416 e. The van der Waals surface area contributed by atoms with Crippen molar-refractivity contribution in [3.63, 3.8) is 0 Å². The monoisotopic (exact) mass is 300 g/mol. The van der Waals surface area contributed by atoms with E-state index < -0.39 is 23.6 Å². The molecule has 0 radical (unpaired) electrons. The standard InChI is InChI=1S/C12H16F4N2.ClH/c13-10-7-8(12(14,15)16)4-5-9(10)11(18)3-1-2-6-17;/h4-5,7,11H,1-3,6,17-18H2;1H/t11-;/m0./s1. The van der Waals surface area contributed by atoms with Crippen molar-refractivity contribution in [2.45, 2.75) is 31.5 Å². The van der Waals surface area contributed by atoms with Crippen molar-refractivity contribution in [3.05, 3.63) is 35.1 Å². The van der Waals surface area contributed by atoms with Crippen LogP contribution in [0.25, 0.3) is 0 Å². The largest absolute Gasteiger partial charge is 0.416 e. The first-order valence-electron chi connectivity index (χ1n) is 5.68. The minimum Gasteiger partial charge on any atom is -0.330 e. The van der Waals surface area contributed by atoms with Crippen LogP contribution in [0.5, 0.6) is 0 Å². The Balaban J connectivity index is 0.00000324. The first kappa shape index (κ1) is 18.1. The van der Waals surface area contributed by atoms with Crippen LogP contribution in [-0.4, -0.2) is 6.54 Å². The van der Waals surface area contributed by atoms with Gasteiger partial charge in [-0.05, 0) is 31.5 Å². The van der Waals surface area contributed by atoms with Crippen LogP contribution in [0.3, 0.4) is 0 Å². The molecule has 110 valence electrons. The zero-order valence-corrected chi connectivity index (χ0v) is 11.0. The minimum atomic E-state index is -4.54. The van der Waals surface area contributed by atoms with Gasteiger partial charge in [-0.1, -0.05) is 12.5 Å². The average Bonchev–Trinajstić information content (AvgIpc) is 2.27. The normalized spacial score (nSPS) is 12.9. The van der Waals surface area contributed by atoms with Gasteiger partial charge in [0.2, 0.25) is 0 Å². The van der Waals surface area contributed by atoms with Crippen LogP contribution in [0.2, 0.25) is 0 Å². The Morgan fingerprint density at radius 1 is 1.16 bits per heavy atom. The molecular formula is C12H17ClF4N2. The van der Waals surface area contributed by atoms with Crippen LogP contribution in [0.15, 0.2) is 18.2 Å². The molecule has 0 amide bonds. The van der Waals surface area contributed by atoms with Gasteiger partial charge in [-0.15, -0.1) is 12.4 Å². The number of hydrogen-bond acceptors (Lipinski definition) is 2. The quantitative estimate of drug-likeness (QED) is 0.647. The van der Waals surface area contributed by atoms with Gasteiger partial charge >= 0.3 is 6.18 Å². The lowest BCUT2D eigenvalue weighted by atomic mass is 10.00. The van der Waals surface area contributed by atoms with Crippen molar-refractivity contribution in [2.24, 2.45) is 11.5 Å². The molecule has 0 fully saturated rings. The molecule has 1 rings (SSSR count). The van der Waals surface area contributed by atoms with Crippen LogP contribution in [-0.2, 0) is 6.18 Å². The topological polar surface area (TPSA) is 52.0 Å². The Hall–Kier alpha value is -0.850. The molecule has 0 unspecified atom stereocenters. The predicted molar refractivity (Wildman–Crippen MR) is 68.5 cm³/mol. The highest BCUT2D eigenvalue weighted by atomic mass is 35.5. The Labute approximate surface area is 115 Å². The molecule has 0 spiro atoms. The molecule has 2 nitrogen and oxygen atoms in total. The lowest BCUT2D eigenvalue weighted by molar-refractivity contribution is -0.137. The molecule has 0 heterocycles. The highest BCUT2D eigenvalue weighted by Crippen LogP contribution is 2.31. The van der Waals surface area contributed by atoms with Gasteiger partial charge in [-0.25, -0.2) is 4.39 Å². The van der Waals surface area contributed by atoms with Gasteiger partial charge in [0.05, 0.1) is 5.56 Å². The summed E-state index contributed by atoms with van der Waals surface area (Å²) in [5, 5.41) is 0. The molecule has 0 aliphatic rings. The number of hydrogen-bond donors (Lipinski definition) is 2. The van der Waals surface area contributed by atoms with Crippen molar-refractivity contribution in [3.8, 4) is 0 Å². The molecule has 7 heteroatoms. The summed E-state index contributed by atoms with van der Waals surface area (Å²) in [5.41, 5.74) is 10.2. The maximum absolute atomic E-state index is 13.5. The Morgan fingerprint density at radius 3 is 2.26 bits per heavy atom. The molecule has 0 saturated heterocycles. The van der Waals surface area contributed by atoms with E-state index in [1.165, 1.54) is 0 Å². The van der Waals surface area contributed by atoms with Gasteiger partial charge in [0.1, 0.15) is 5.82 Å². The lowest BCUT2D eigenvalue weighted by Crippen LogP contribution is -2.14. The van der Waals surface area contributed by atoms with Crippen molar-refractivity contribution in [1.29, 1.82) is 0 Å². The fourth-order valence-electron chi connectivity index (χ4n) is 1.67. The van der Waals surface area contributed by atoms with E-state index in [0.29, 0.717) is 19.0 Å². The fraction of sp³-hybridized carbons (Fsp3) is 0.500. The third-order valence-corrected chi connectivity index (χ3v) is 2.70. The zero-order chi connectivity index (χ0) is 13.8. The number of rotatable bonds is 5. The second kappa shape index (κ2) is 7.67. The van der Waals surface area contributed by atoms with E-state index in [9.17, 15) is 17.6 Å². The number of benzene rings is 1. The van der Waals surface area contributed by atoms with Gasteiger partial charge in [0.25, 0.3) is 0 Å². The molecule has 1 atom stereocenters. The van der Waals surface area contributed by atoms with Gasteiger partial charge in [-0.2, -0.15) is 13.2 Å². The summed E-state index contributed by atoms with van der Waals surface area (Å²) >= 11 is 0. The van der Waals surface area contributed by atoms with E-state index in [0.717, 1.165) is 25.0 Å². The molecule has 0 bridgehead atoms. The molecule has 19 heavy (non-hydrogen) atoms. The average molecular weight is 301 g/mol. The van der Waals surface area contributed by atoms with Gasteiger partial charge in [0, 0.05) is 11.6 Å². The van der Waals surface area contributed by atoms with Gasteiger partial charge in [0.15, 0.2) is 0 Å². The molecule has 0 saturated carbocycles. The lowest BCUT2D eigenvalue weighted by Gasteiger charge is -2.14. The number of unbranched alkanes of at least 4 members (excludes halogenated alkanes) is 1. The molecule has 4 N–H and O–H groups in total. The van der Waals surface area contributed by atoms with E-state index in [2.05, 4.69) is 0 Å². The van der Waals surface area contributed by atoms with Crippen LogP contribution in [0, 0.1) is 5.82 Å². The molecule has 0 aliphatic heterocycles. The van der Waals surface area contributed by atoms with E-state index in [-0.39, 0.29) is 18.0 Å². The SMILES string of the molecule is Cl.NCCCC[C@H](N)c1ccc(C(F)(F)F)cc1F. The first-order chi connectivity index (χ1) is 8.36. The third kappa shape index (κ3) is 5.34. The van der Waals surface area contributed by atoms with Gasteiger partial charge < -0.3 is 11.5 Å². The summed E-state index contributed by atoms with van der Waals surface area (Å²) in [5.74, 6) is -0.912. The minimum absolute atomic E-state index is 0. The second-order valence-electron chi connectivity index (χ2n) is 4.13.